The molecular formula is C22H32ClFN2O. The van der Waals surface area contributed by atoms with Crippen LogP contribution >= 0.6 is 12.4 Å². The number of halogens is 2. The van der Waals surface area contributed by atoms with Gasteiger partial charge in [0.2, 0.25) is 5.91 Å². The lowest BCUT2D eigenvalue weighted by atomic mass is 9.69. The summed E-state index contributed by atoms with van der Waals surface area (Å²) < 4.78 is 13.8. The van der Waals surface area contributed by atoms with Crippen LogP contribution in [0.15, 0.2) is 24.3 Å². The van der Waals surface area contributed by atoms with Crippen molar-refractivity contribution in [3.63, 3.8) is 0 Å². The van der Waals surface area contributed by atoms with Crippen LogP contribution in [-0.4, -0.2) is 24.5 Å². The van der Waals surface area contributed by atoms with Crippen molar-refractivity contribution in [3.05, 3.63) is 35.6 Å². The number of amides is 1. The zero-order chi connectivity index (χ0) is 18.0. The number of fused-ring (bicyclic) bond motifs is 2. The second-order valence-electron chi connectivity index (χ2n) is 8.81. The zero-order valence-electron chi connectivity index (χ0n) is 16.0. The number of benzene rings is 1. The maximum absolute atomic E-state index is 13.8. The molecule has 1 amide bonds. The number of nitrogens with one attached hydrogen (secondary N) is 2. The van der Waals surface area contributed by atoms with Crippen molar-refractivity contribution in [2.45, 2.75) is 81.7 Å². The van der Waals surface area contributed by atoms with Gasteiger partial charge in [-0.15, -0.1) is 12.4 Å². The first-order valence-corrected chi connectivity index (χ1v) is 10.4. The summed E-state index contributed by atoms with van der Waals surface area (Å²) in [5.74, 6) is 0.520. The van der Waals surface area contributed by atoms with Gasteiger partial charge in [0.15, 0.2) is 0 Å². The summed E-state index contributed by atoms with van der Waals surface area (Å²) >= 11 is 0. The van der Waals surface area contributed by atoms with Crippen molar-refractivity contribution >= 4 is 18.3 Å². The molecule has 2 heterocycles. The smallest absolute Gasteiger partial charge is 0.220 e. The number of rotatable bonds is 5. The molecule has 1 aromatic rings. The van der Waals surface area contributed by atoms with E-state index >= 15 is 0 Å². The Morgan fingerprint density at radius 1 is 1.15 bits per heavy atom. The second kappa shape index (κ2) is 8.91. The molecule has 3 fully saturated rings. The van der Waals surface area contributed by atoms with Gasteiger partial charge in [0.05, 0.1) is 0 Å². The van der Waals surface area contributed by atoms with E-state index < -0.39 is 0 Å². The molecule has 2 saturated heterocycles. The van der Waals surface area contributed by atoms with E-state index in [2.05, 4.69) is 10.6 Å². The number of carbonyl (C=O) groups is 1. The van der Waals surface area contributed by atoms with Gasteiger partial charge in [0.1, 0.15) is 5.82 Å². The Labute approximate surface area is 168 Å². The molecule has 2 atom stereocenters. The lowest BCUT2D eigenvalue weighted by Crippen LogP contribution is -2.44. The van der Waals surface area contributed by atoms with E-state index in [1.165, 1.54) is 25.3 Å². The summed E-state index contributed by atoms with van der Waals surface area (Å²) in [6, 6.07) is 8.26. The van der Waals surface area contributed by atoms with Crippen LogP contribution in [0.3, 0.4) is 0 Å². The molecule has 2 aliphatic heterocycles. The number of piperidine rings is 1. The number of hydrogen-bond acceptors (Lipinski definition) is 2. The third-order valence-corrected chi connectivity index (χ3v) is 6.92. The molecule has 27 heavy (non-hydrogen) atoms. The first-order chi connectivity index (χ1) is 12.6. The summed E-state index contributed by atoms with van der Waals surface area (Å²) in [7, 11) is 0. The van der Waals surface area contributed by atoms with E-state index in [9.17, 15) is 9.18 Å². The predicted octanol–water partition coefficient (Wildman–Crippen LogP) is 4.49. The van der Waals surface area contributed by atoms with Crippen LogP contribution in [-0.2, 0) is 10.2 Å². The number of carbonyl (C=O) groups excluding carboxylic acids is 1. The summed E-state index contributed by atoms with van der Waals surface area (Å²) in [5.41, 5.74) is 0.959. The Kier molecular flexibility index (Phi) is 6.80. The van der Waals surface area contributed by atoms with E-state index in [1.54, 1.807) is 12.1 Å². The zero-order valence-corrected chi connectivity index (χ0v) is 16.8. The highest BCUT2D eigenvalue weighted by Crippen LogP contribution is 2.39. The summed E-state index contributed by atoms with van der Waals surface area (Å²) in [5, 5.41) is 6.87. The minimum atomic E-state index is -0.177. The second-order valence-corrected chi connectivity index (χ2v) is 8.81. The fraction of sp³-hybridized carbons (Fsp3) is 0.682. The Hall–Kier alpha value is -1.13. The topological polar surface area (TPSA) is 41.1 Å². The van der Waals surface area contributed by atoms with Gasteiger partial charge in [-0.1, -0.05) is 31.4 Å². The third kappa shape index (κ3) is 4.83. The predicted molar refractivity (Wildman–Crippen MR) is 109 cm³/mol. The molecule has 3 nitrogen and oxygen atoms in total. The van der Waals surface area contributed by atoms with E-state index in [0.717, 1.165) is 44.1 Å². The van der Waals surface area contributed by atoms with Gasteiger partial charge in [-0.25, -0.2) is 4.39 Å². The molecule has 2 bridgehead atoms. The molecule has 150 valence electrons. The van der Waals surface area contributed by atoms with Gasteiger partial charge in [-0.3, -0.25) is 4.79 Å². The standard InChI is InChI=1S/C22H31FN2O.ClH/c23-18-6-4-5-17(14-18)22(9-2-1-3-10-22)15-24-21(26)13-16-11-19-7-8-20(12-16)25-19;/h4-6,14,16,19-20,25H,1-3,7-13,15H2,(H,24,26);1H. The molecular weight excluding hydrogens is 363 g/mol. The first kappa shape index (κ1) is 20.6. The highest BCUT2D eigenvalue weighted by Gasteiger charge is 2.36. The van der Waals surface area contributed by atoms with Crippen LogP contribution in [0.25, 0.3) is 0 Å². The minimum Gasteiger partial charge on any atom is -0.355 e. The molecule has 4 rings (SSSR count). The van der Waals surface area contributed by atoms with Crippen LogP contribution in [0.4, 0.5) is 4.39 Å². The molecule has 0 aromatic heterocycles. The Morgan fingerprint density at radius 3 is 2.52 bits per heavy atom. The lowest BCUT2D eigenvalue weighted by molar-refractivity contribution is -0.122. The largest absolute Gasteiger partial charge is 0.355 e. The van der Waals surface area contributed by atoms with Crippen LogP contribution in [0.5, 0.6) is 0 Å². The van der Waals surface area contributed by atoms with Crippen molar-refractivity contribution in [2.24, 2.45) is 5.92 Å². The quantitative estimate of drug-likeness (QED) is 0.772. The van der Waals surface area contributed by atoms with Crippen LogP contribution < -0.4 is 10.6 Å². The highest BCUT2D eigenvalue weighted by atomic mass is 35.5. The van der Waals surface area contributed by atoms with Gasteiger partial charge in [-0.2, -0.15) is 0 Å². The van der Waals surface area contributed by atoms with E-state index in [-0.39, 0.29) is 29.5 Å². The average Bonchev–Trinajstić information content (AvgIpc) is 2.99. The van der Waals surface area contributed by atoms with Gasteiger partial charge < -0.3 is 10.6 Å². The molecule has 0 radical (unpaired) electrons. The molecule has 1 saturated carbocycles. The van der Waals surface area contributed by atoms with Crippen molar-refractivity contribution in [1.29, 1.82) is 0 Å². The Bertz CT molecular complexity index is 635. The van der Waals surface area contributed by atoms with E-state index in [1.807, 2.05) is 6.07 Å². The SMILES string of the molecule is Cl.O=C(CC1CC2CCC(C1)N2)NCC1(c2cccc(F)c2)CCCCC1. The van der Waals surface area contributed by atoms with Gasteiger partial charge in [0.25, 0.3) is 0 Å². The summed E-state index contributed by atoms with van der Waals surface area (Å²) in [6.07, 6.45) is 11.1. The van der Waals surface area contributed by atoms with Crippen LogP contribution in [0.2, 0.25) is 0 Å². The minimum absolute atomic E-state index is 0. The monoisotopic (exact) mass is 394 g/mol. The molecule has 2 N–H and O–H groups in total. The van der Waals surface area contributed by atoms with E-state index in [0.29, 0.717) is 31.0 Å². The van der Waals surface area contributed by atoms with Crippen molar-refractivity contribution in [1.82, 2.24) is 10.6 Å². The van der Waals surface area contributed by atoms with E-state index in [4.69, 9.17) is 0 Å². The molecule has 5 heteroatoms. The maximum Gasteiger partial charge on any atom is 0.220 e. The first-order valence-electron chi connectivity index (χ1n) is 10.4. The molecule has 2 unspecified atom stereocenters. The lowest BCUT2D eigenvalue weighted by Gasteiger charge is -2.38. The average molecular weight is 395 g/mol. The Balaban J connectivity index is 0.00000210. The van der Waals surface area contributed by atoms with Crippen molar-refractivity contribution in [2.75, 3.05) is 6.54 Å². The van der Waals surface area contributed by atoms with Crippen LogP contribution in [0.1, 0.15) is 69.8 Å². The van der Waals surface area contributed by atoms with Crippen molar-refractivity contribution in [3.8, 4) is 0 Å². The molecule has 1 aromatic carbocycles. The maximum atomic E-state index is 13.8. The molecule has 0 spiro atoms. The fourth-order valence-electron chi connectivity index (χ4n) is 5.56. The molecule has 1 aliphatic carbocycles. The number of hydrogen-bond donors (Lipinski definition) is 2. The van der Waals surface area contributed by atoms with Gasteiger partial charge >= 0.3 is 0 Å². The molecule has 3 aliphatic rings. The normalized spacial score (nSPS) is 29.0. The summed E-state index contributed by atoms with van der Waals surface area (Å²) in [4.78, 5) is 12.6. The highest BCUT2D eigenvalue weighted by molar-refractivity contribution is 5.85. The third-order valence-electron chi connectivity index (χ3n) is 6.92. The van der Waals surface area contributed by atoms with Crippen LogP contribution in [0, 0.1) is 11.7 Å². The summed E-state index contributed by atoms with van der Waals surface area (Å²) in [6.45, 7) is 0.646. The fourth-order valence-corrected chi connectivity index (χ4v) is 5.56. The Morgan fingerprint density at radius 2 is 1.85 bits per heavy atom. The van der Waals surface area contributed by atoms with Gasteiger partial charge in [0, 0.05) is 30.5 Å². The van der Waals surface area contributed by atoms with Gasteiger partial charge in [-0.05, 0) is 62.1 Å². The van der Waals surface area contributed by atoms with Crippen molar-refractivity contribution < 1.29 is 9.18 Å².